The average molecular weight is 793 g/mol. The van der Waals surface area contributed by atoms with E-state index in [0.29, 0.717) is 11.8 Å². The highest BCUT2D eigenvalue weighted by molar-refractivity contribution is 5.87. The molecule has 4 aliphatic rings. The first-order valence-electron chi connectivity index (χ1n) is 21.8. The smallest absolute Gasteiger partial charge is 0.0629 e. The third kappa shape index (κ3) is 6.26. The number of fused-ring (bicyclic) bond motifs is 6. The zero-order valence-corrected chi connectivity index (χ0v) is 34.3. The zero-order valence-electron chi connectivity index (χ0n) is 34.3. The van der Waals surface area contributed by atoms with E-state index in [4.69, 9.17) is 0 Å². The predicted molar refractivity (Wildman–Crippen MR) is 260 cm³/mol. The molecule has 12 rings (SSSR count). The molecule has 2 nitrogen and oxygen atoms in total. The second kappa shape index (κ2) is 15.1. The second-order valence-electron chi connectivity index (χ2n) is 16.9. The molecule has 2 aliphatic carbocycles. The molecule has 0 N–H and O–H groups in total. The van der Waals surface area contributed by atoms with E-state index in [2.05, 4.69) is 253 Å². The van der Waals surface area contributed by atoms with Crippen molar-refractivity contribution in [2.24, 2.45) is 0 Å². The van der Waals surface area contributed by atoms with Crippen LogP contribution in [-0.2, 0) is 0 Å². The minimum absolute atomic E-state index is 0.273. The molecule has 0 spiro atoms. The van der Waals surface area contributed by atoms with Gasteiger partial charge in [0.2, 0.25) is 0 Å². The number of hydrogen-bond acceptors (Lipinski definition) is 2. The van der Waals surface area contributed by atoms with Gasteiger partial charge in [-0.05, 0) is 140 Å². The van der Waals surface area contributed by atoms with Crippen LogP contribution in [0.2, 0.25) is 0 Å². The van der Waals surface area contributed by atoms with Gasteiger partial charge >= 0.3 is 0 Å². The molecule has 0 saturated carbocycles. The van der Waals surface area contributed by atoms with E-state index < -0.39 is 0 Å². The Kier molecular flexibility index (Phi) is 8.81. The summed E-state index contributed by atoms with van der Waals surface area (Å²) in [5.41, 5.74) is 19.7. The molecular weight excluding hydrogens is 749 g/mol. The molecule has 2 heteroatoms. The van der Waals surface area contributed by atoms with Gasteiger partial charge in [0.1, 0.15) is 0 Å². The highest BCUT2D eigenvalue weighted by atomic mass is 15.2. The van der Waals surface area contributed by atoms with E-state index >= 15 is 0 Å². The first kappa shape index (κ1) is 36.2. The maximum Gasteiger partial charge on any atom is 0.0629 e. The largest absolute Gasteiger partial charge is 0.333 e. The fraction of sp³-hybridized carbons (Fsp3) is 0.0667. The fourth-order valence-corrected chi connectivity index (χ4v) is 10.3. The number of rotatable bonds is 7. The van der Waals surface area contributed by atoms with Gasteiger partial charge in [0.05, 0.1) is 12.1 Å². The van der Waals surface area contributed by atoms with E-state index in [0.717, 1.165) is 0 Å². The first-order valence-corrected chi connectivity index (χ1v) is 21.8. The lowest BCUT2D eigenvalue weighted by atomic mass is 9.89. The van der Waals surface area contributed by atoms with E-state index in [9.17, 15) is 0 Å². The van der Waals surface area contributed by atoms with Gasteiger partial charge in [-0.3, -0.25) is 0 Å². The summed E-state index contributed by atoms with van der Waals surface area (Å²) >= 11 is 0. The molecule has 0 fully saturated rings. The SMILES string of the molecule is C1=CC2c3ccccc3N(c3ccc(-c4cc(-c5ccccc5)cc(-c5cc(-c6ccccc6)cc(-c6ccc(N7c8ccccc8C8C=CC=CC87)cc6)c5)c4)cc3)C2C=C1. The summed E-state index contributed by atoms with van der Waals surface area (Å²) in [5, 5.41) is 0. The molecule has 0 aromatic heterocycles. The van der Waals surface area contributed by atoms with Crippen molar-refractivity contribution in [1.82, 2.24) is 0 Å². The van der Waals surface area contributed by atoms with Gasteiger partial charge in [0.15, 0.2) is 0 Å². The molecule has 8 aromatic rings. The lowest BCUT2D eigenvalue weighted by Gasteiger charge is -2.29. The Labute approximate surface area is 364 Å². The predicted octanol–water partition coefficient (Wildman–Crippen LogP) is 15.5. The van der Waals surface area contributed by atoms with E-state index in [1.807, 2.05) is 0 Å². The van der Waals surface area contributed by atoms with Gasteiger partial charge in [-0.1, -0.05) is 170 Å². The average Bonchev–Trinajstić information content (AvgIpc) is 3.87. The third-order valence-electron chi connectivity index (χ3n) is 13.3. The summed E-state index contributed by atoms with van der Waals surface area (Å²) in [5.74, 6) is 0.717. The molecule has 4 unspecified atom stereocenters. The van der Waals surface area contributed by atoms with E-state index in [1.54, 1.807) is 0 Å². The number of anilines is 4. The number of para-hydroxylation sites is 2. The summed E-state index contributed by atoms with van der Waals surface area (Å²) in [6.45, 7) is 0. The summed E-state index contributed by atoms with van der Waals surface area (Å²) < 4.78 is 0. The number of nitrogens with zero attached hydrogens (tertiary/aromatic N) is 2. The number of benzene rings is 8. The Hall–Kier alpha value is -7.68. The third-order valence-corrected chi connectivity index (χ3v) is 13.3. The van der Waals surface area contributed by atoms with E-state index in [-0.39, 0.29) is 12.1 Å². The van der Waals surface area contributed by atoms with Gasteiger partial charge in [0, 0.05) is 34.6 Å². The van der Waals surface area contributed by atoms with Gasteiger partial charge in [-0.2, -0.15) is 0 Å². The Morgan fingerprint density at radius 2 is 0.565 bits per heavy atom. The van der Waals surface area contributed by atoms with Crippen LogP contribution in [-0.4, -0.2) is 12.1 Å². The molecular formula is C60H44N2. The van der Waals surface area contributed by atoms with Crippen LogP contribution in [0.1, 0.15) is 23.0 Å². The summed E-state index contributed by atoms with van der Waals surface area (Å²) in [6.07, 6.45) is 18.1. The Morgan fingerprint density at radius 3 is 0.952 bits per heavy atom. The van der Waals surface area contributed by atoms with Crippen LogP contribution in [0.4, 0.5) is 22.7 Å². The van der Waals surface area contributed by atoms with Gasteiger partial charge in [-0.15, -0.1) is 0 Å². The molecule has 8 aromatic carbocycles. The van der Waals surface area contributed by atoms with Crippen LogP contribution in [0.15, 0.2) is 243 Å². The summed E-state index contributed by atoms with van der Waals surface area (Å²) in [7, 11) is 0. The van der Waals surface area contributed by atoms with Gasteiger partial charge < -0.3 is 9.80 Å². The quantitative estimate of drug-likeness (QED) is 0.159. The first-order chi connectivity index (χ1) is 30.7. The molecule has 0 bridgehead atoms. The maximum absolute atomic E-state index is 2.50. The molecule has 0 radical (unpaired) electrons. The maximum atomic E-state index is 2.50. The molecule has 2 aliphatic heterocycles. The Bertz CT molecular complexity index is 2870. The topological polar surface area (TPSA) is 6.48 Å². The molecule has 62 heavy (non-hydrogen) atoms. The van der Waals surface area contributed by atoms with Crippen molar-refractivity contribution in [3.05, 3.63) is 254 Å². The molecule has 0 amide bonds. The van der Waals surface area contributed by atoms with Crippen molar-refractivity contribution in [3.8, 4) is 55.6 Å². The van der Waals surface area contributed by atoms with Crippen molar-refractivity contribution in [3.63, 3.8) is 0 Å². The monoisotopic (exact) mass is 792 g/mol. The minimum atomic E-state index is 0.273. The van der Waals surface area contributed by atoms with Crippen molar-refractivity contribution in [2.45, 2.75) is 23.9 Å². The minimum Gasteiger partial charge on any atom is -0.333 e. The lowest BCUT2D eigenvalue weighted by molar-refractivity contribution is 0.745. The molecule has 2 heterocycles. The van der Waals surface area contributed by atoms with Crippen molar-refractivity contribution < 1.29 is 0 Å². The number of allylic oxidation sites excluding steroid dienone is 4. The second-order valence-corrected chi connectivity index (χ2v) is 16.9. The van der Waals surface area contributed by atoms with Crippen molar-refractivity contribution in [1.29, 1.82) is 0 Å². The standard InChI is InChI=1S/C60H44N2/c1-3-15-41(16-4-1)45-35-47(43-27-31-51(32-28-43)61-57-23-11-7-19-53(57)54-20-8-12-24-58(54)61)39-49(37-45)50-38-46(42-17-5-2-6-18-42)36-48(40-50)44-29-33-52(34-30-44)62-59-25-13-9-21-55(59)56-22-10-14-26-60(56)62/h1-40,53,55,57,59H. The van der Waals surface area contributed by atoms with Crippen LogP contribution in [0.3, 0.4) is 0 Å². The number of hydrogen-bond donors (Lipinski definition) is 0. The zero-order chi connectivity index (χ0) is 41.0. The van der Waals surface area contributed by atoms with Crippen LogP contribution < -0.4 is 9.80 Å². The highest BCUT2D eigenvalue weighted by Gasteiger charge is 2.38. The molecule has 0 saturated heterocycles. The highest BCUT2D eigenvalue weighted by Crippen LogP contribution is 2.49. The van der Waals surface area contributed by atoms with Crippen molar-refractivity contribution >= 4 is 22.7 Å². The summed E-state index contributed by atoms with van der Waals surface area (Å²) in [4.78, 5) is 5.01. The Morgan fingerprint density at radius 1 is 0.258 bits per heavy atom. The molecule has 4 atom stereocenters. The Balaban J connectivity index is 0.945. The van der Waals surface area contributed by atoms with Gasteiger partial charge in [0.25, 0.3) is 0 Å². The van der Waals surface area contributed by atoms with Crippen LogP contribution >= 0.6 is 0 Å². The van der Waals surface area contributed by atoms with Crippen LogP contribution in [0.25, 0.3) is 55.6 Å². The summed E-state index contributed by atoms with van der Waals surface area (Å²) in [6, 6.07) is 72.4. The van der Waals surface area contributed by atoms with E-state index in [1.165, 1.54) is 89.5 Å². The lowest BCUT2D eigenvalue weighted by Crippen LogP contribution is -2.28. The van der Waals surface area contributed by atoms with Crippen molar-refractivity contribution in [2.75, 3.05) is 9.80 Å². The van der Waals surface area contributed by atoms with Crippen LogP contribution in [0.5, 0.6) is 0 Å². The van der Waals surface area contributed by atoms with Crippen LogP contribution in [0, 0.1) is 0 Å². The normalized spacial score (nSPS) is 19.0. The molecule has 294 valence electrons. The van der Waals surface area contributed by atoms with Gasteiger partial charge in [-0.25, -0.2) is 0 Å². The fourth-order valence-electron chi connectivity index (χ4n) is 10.3.